The minimum atomic E-state index is 0.799. The largest absolute Gasteiger partial charge is 0.303 e. The molecule has 3 atom stereocenters. The Bertz CT molecular complexity index is 153. The Morgan fingerprint density at radius 1 is 1.27 bits per heavy atom. The van der Waals surface area contributed by atoms with E-state index in [0.717, 1.165) is 30.5 Å². The minimum absolute atomic E-state index is 0.799. The zero-order valence-electron chi connectivity index (χ0n) is 6.96. The highest BCUT2D eigenvalue weighted by Gasteiger charge is 2.38. The van der Waals surface area contributed by atoms with Crippen LogP contribution in [0.4, 0.5) is 0 Å². The van der Waals surface area contributed by atoms with E-state index < -0.39 is 0 Å². The standard InChI is InChI=1S/C10H16O/c11-5-1-2-9-6-8-3-4-10(9)7-8/h5,8-10H,1-4,6-7H2/t8-,9-,10-/m1/s1. The number of carbonyl (C=O) groups is 1. The third-order valence-electron chi connectivity index (χ3n) is 3.54. The summed E-state index contributed by atoms with van der Waals surface area (Å²) in [5.41, 5.74) is 0. The van der Waals surface area contributed by atoms with E-state index in [4.69, 9.17) is 0 Å². The second-order valence-corrected chi connectivity index (χ2v) is 4.18. The second kappa shape index (κ2) is 2.96. The molecule has 0 unspecified atom stereocenters. The molecule has 0 radical (unpaired) electrons. The first-order valence-electron chi connectivity index (χ1n) is 4.84. The van der Waals surface area contributed by atoms with Gasteiger partial charge in [0, 0.05) is 6.42 Å². The fourth-order valence-electron chi connectivity index (χ4n) is 3.01. The SMILES string of the molecule is O=CCC[C@@H]1C[C@H]2CC[C@@H]1C2. The van der Waals surface area contributed by atoms with Gasteiger partial charge < -0.3 is 4.79 Å². The Kier molecular flexibility index (Phi) is 1.97. The van der Waals surface area contributed by atoms with Crippen LogP contribution in [0.3, 0.4) is 0 Å². The van der Waals surface area contributed by atoms with E-state index in [9.17, 15) is 4.79 Å². The van der Waals surface area contributed by atoms with Gasteiger partial charge in [0.05, 0.1) is 0 Å². The summed E-state index contributed by atoms with van der Waals surface area (Å²) in [5.74, 6) is 2.95. The molecule has 2 saturated carbocycles. The average molecular weight is 152 g/mol. The molecule has 1 nitrogen and oxygen atoms in total. The zero-order valence-corrected chi connectivity index (χ0v) is 6.96. The molecule has 0 saturated heterocycles. The van der Waals surface area contributed by atoms with Crippen molar-refractivity contribution in [2.24, 2.45) is 17.8 Å². The third kappa shape index (κ3) is 1.33. The van der Waals surface area contributed by atoms with Crippen LogP contribution in [0.15, 0.2) is 0 Å². The van der Waals surface area contributed by atoms with Crippen molar-refractivity contribution in [1.82, 2.24) is 0 Å². The molecule has 0 aromatic heterocycles. The lowest BCUT2D eigenvalue weighted by atomic mass is 9.86. The molecular formula is C10H16O. The van der Waals surface area contributed by atoms with Gasteiger partial charge in [-0.3, -0.25) is 0 Å². The van der Waals surface area contributed by atoms with Crippen LogP contribution in [0.5, 0.6) is 0 Å². The van der Waals surface area contributed by atoms with Crippen molar-refractivity contribution in [3.05, 3.63) is 0 Å². The van der Waals surface area contributed by atoms with Crippen molar-refractivity contribution in [3.63, 3.8) is 0 Å². The molecule has 11 heavy (non-hydrogen) atoms. The molecule has 0 heterocycles. The maximum atomic E-state index is 10.2. The third-order valence-corrected chi connectivity index (χ3v) is 3.54. The second-order valence-electron chi connectivity index (χ2n) is 4.18. The summed E-state index contributed by atoms with van der Waals surface area (Å²) in [6.07, 6.45) is 8.88. The Labute approximate surface area is 68.2 Å². The maximum Gasteiger partial charge on any atom is 0.120 e. The summed E-state index contributed by atoms with van der Waals surface area (Å²) < 4.78 is 0. The number of carbonyl (C=O) groups excluding carboxylic acids is 1. The van der Waals surface area contributed by atoms with Crippen LogP contribution in [0.1, 0.15) is 38.5 Å². The Morgan fingerprint density at radius 3 is 2.73 bits per heavy atom. The van der Waals surface area contributed by atoms with Gasteiger partial charge in [-0.2, -0.15) is 0 Å². The zero-order chi connectivity index (χ0) is 7.68. The molecule has 2 aliphatic rings. The van der Waals surface area contributed by atoms with Crippen molar-refractivity contribution >= 4 is 6.29 Å². The van der Waals surface area contributed by atoms with Crippen molar-refractivity contribution in [3.8, 4) is 0 Å². The number of rotatable bonds is 3. The van der Waals surface area contributed by atoms with E-state index >= 15 is 0 Å². The summed E-state index contributed by atoms with van der Waals surface area (Å²) in [4.78, 5) is 10.2. The molecule has 2 aliphatic carbocycles. The summed E-state index contributed by atoms with van der Waals surface area (Å²) in [7, 11) is 0. The van der Waals surface area contributed by atoms with E-state index in [-0.39, 0.29) is 0 Å². The molecule has 0 amide bonds. The molecule has 2 rings (SSSR count). The highest BCUT2D eigenvalue weighted by molar-refractivity contribution is 5.49. The normalized spacial score (nSPS) is 41.3. The Balaban J connectivity index is 1.83. The predicted molar refractivity (Wildman–Crippen MR) is 44.2 cm³/mol. The van der Waals surface area contributed by atoms with Gasteiger partial charge in [-0.1, -0.05) is 6.42 Å². The van der Waals surface area contributed by atoms with Crippen LogP contribution in [0, 0.1) is 17.8 Å². The lowest BCUT2D eigenvalue weighted by Crippen LogP contribution is -2.10. The van der Waals surface area contributed by atoms with Gasteiger partial charge in [0.2, 0.25) is 0 Å². The smallest absolute Gasteiger partial charge is 0.120 e. The molecular weight excluding hydrogens is 136 g/mol. The first-order chi connectivity index (χ1) is 5.40. The molecule has 0 aliphatic heterocycles. The molecule has 0 aromatic carbocycles. The quantitative estimate of drug-likeness (QED) is 0.567. The monoisotopic (exact) mass is 152 g/mol. The van der Waals surface area contributed by atoms with E-state index in [0.29, 0.717) is 0 Å². The lowest BCUT2D eigenvalue weighted by molar-refractivity contribution is -0.108. The van der Waals surface area contributed by atoms with Gasteiger partial charge in [0.15, 0.2) is 0 Å². The van der Waals surface area contributed by atoms with Gasteiger partial charge >= 0.3 is 0 Å². The average Bonchev–Trinajstić information content (AvgIpc) is 2.60. The van der Waals surface area contributed by atoms with Crippen LogP contribution in [0.2, 0.25) is 0 Å². The Morgan fingerprint density at radius 2 is 2.18 bits per heavy atom. The van der Waals surface area contributed by atoms with Gasteiger partial charge in [-0.05, 0) is 43.4 Å². The van der Waals surface area contributed by atoms with Crippen LogP contribution < -0.4 is 0 Å². The number of aldehydes is 1. The van der Waals surface area contributed by atoms with Gasteiger partial charge in [-0.25, -0.2) is 0 Å². The summed E-state index contributed by atoms with van der Waals surface area (Å²) in [5, 5.41) is 0. The fourth-order valence-corrected chi connectivity index (χ4v) is 3.01. The highest BCUT2D eigenvalue weighted by Crippen LogP contribution is 2.49. The van der Waals surface area contributed by atoms with Crippen molar-refractivity contribution < 1.29 is 4.79 Å². The van der Waals surface area contributed by atoms with E-state index in [1.165, 1.54) is 32.1 Å². The Hall–Kier alpha value is -0.330. The summed E-state index contributed by atoms with van der Waals surface area (Å²) in [6, 6.07) is 0. The molecule has 0 N–H and O–H groups in total. The summed E-state index contributed by atoms with van der Waals surface area (Å²) in [6.45, 7) is 0. The van der Waals surface area contributed by atoms with Crippen molar-refractivity contribution in [2.75, 3.05) is 0 Å². The van der Waals surface area contributed by atoms with E-state index in [2.05, 4.69) is 0 Å². The van der Waals surface area contributed by atoms with E-state index in [1.54, 1.807) is 0 Å². The van der Waals surface area contributed by atoms with Crippen LogP contribution in [-0.2, 0) is 4.79 Å². The molecule has 1 heteroatoms. The molecule has 0 spiro atoms. The van der Waals surface area contributed by atoms with Crippen molar-refractivity contribution in [2.45, 2.75) is 38.5 Å². The lowest BCUT2D eigenvalue weighted by Gasteiger charge is -2.20. The summed E-state index contributed by atoms with van der Waals surface area (Å²) >= 11 is 0. The highest BCUT2D eigenvalue weighted by atomic mass is 16.1. The number of hydrogen-bond donors (Lipinski definition) is 0. The topological polar surface area (TPSA) is 17.1 Å². The fraction of sp³-hybridized carbons (Fsp3) is 0.900. The first kappa shape index (κ1) is 7.33. The predicted octanol–water partition coefficient (Wildman–Crippen LogP) is 2.40. The molecule has 2 bridgehead atoms. The molecule has 62 valence electrons. The van der Waals surface area contributed by atoms with Gasteiger partial charge in [-0.15, -0.1) is 0 Å². The van der Waals surface area contributed by atoms with Gasteiger partial charge in [0.25, 0.3) is 0 Å². The maximum absolute atomic E-state index is 10.2. The number of fused-ring (bicyclic) bond motifs is 2. The van der Waals surface area contributed by atoms with Crippen molar-refractivity contribution in [1.29, 1.82) is 0 Å². The molecule has 0 aromatic rings. The van der Waals surface area contributed by atoms with E-state index in [1.807, 2.05) is 0 Å². The van der Waals surface area contributed by atoms with Crippen LogP contribution in [0.25, 0.3) is 0 Å². The molecule has 2 fully saturated rings. The van der Waals surface area contributed by atoms with Crippen LogP contribution >= 0.6 is 0 Å². The minimum Gasteiger partial charge on any atom is -0.303 e. The number of hydrogen-bond acceptors (Lipinski definition) is 1. The van der Waals surface area contributed by atoms with Crippen LogP contribution in [-0.4, -0.2) is 6.29 Å². The first-order valence-corrected chi connectivity index (χ1v) is 4.84. The van der Waals surface area contributed by atoms with Gasteiger partial charge in [0.1, 0.15) is 6.29 Å².